The van der Waals surface area contributed by atoms with Crippen molar-refractivity contribution in [2.24, 2.45) is 5.73 Å². The number of aryl methyl sites for hydroxylation is 1. The summed E-state index contributed by atoms with van der Waals surface area (Å²) >= 11 is 0. The van der Waals surface area contributed by atoms with E-state index in [0.717, 1.165) is 17.4 Å². The van der Waals surface area contributed by atoms with E-state index in [2.05, 4.69) is 10.5 Å². The molecule has 0 radical (unpaired) electrons. The van der Waals surface area contributed by atoms with Gasteiger partial charge in [-0.2, -0.15) is 5.10 Å². The Hall–Kier alpha value is -5.05. The van der Waals surface area contributed by atoms with Gasteiger partial charge in [0.15, 0.2) is 0 Å². The summed E-state index contributed by atoms with van der Waals surface area (Å²) in [5, 5.41) is 11.7. The zero-order valence-electron chi connectivity index (χ0n) is 20.0. The van der Waals surface area contributed by atoms with Crippen molar-refractivity contribution in [1.82, 2.24) is 14.9 Å². The van der Waals surface area contributed by atoms with E-state index in [9.17, 15) is 14.0 Å². The van der Waals surface area contributed by atoms with Crippen LogP contribution in [0.4, 0.5) is 10.3 Å². The third kappa shape index (κ3) is 4.38. The summed E-state index contributed by atoms with van der Waals surface area (Å²) in [6, 6.07) is 21.6. The smallest absolute Gasteiger partial charge is 0.258 e. The van der Waals surface area contributed by atoms with Crippen molar-refractivity contribution >= 4 is 17.7 Å². The average molecular weight is 496 g/mol. The third-order valence-corrected chi connectivity index (χ3v) is 6.00. The van der Waals surface area contributed by atoms with Crippen molar-refractivity contribution < 1.29 is 18.5 Å². The van der Waals surface area contributed by atoms with Crippen LogP contribution in [0.5, 0.6) is 0 Å². The monoisotopic (exact) mass is 495 g/mol. The van der Waals surface area contributed by atoms with Crippen LogP contribution < -0.4 is 11.1 Å². The second kappa shape index (κ2) is 9.54. The number of anilines is 1. The van der Waals surface area contributed by atoms with Crippen LogP contribution in [0.3, 0.4) is 0 Å². The first-order valence-corrected chi connectivity index (χ1v) is 11.4. The van der Waals surface area contributed by atoms with Crippen LogP contribution in [0.2, 0.25) is 0 Å². The number of hydrogen-bond donors (Lipinski definition) is 2. The average Bonchev–Trinajstić information content (AvgIpc) is 3.43. The van der Waals surface area contributed by atoms with Gasteiger partial charge in [-0.1, -0.05) is 47.6 Å². The lowest BCUT2D eigenvalue weighted by atomic mass is 9.95. The molecule has 5 aromatic rings. The summed E-state index contributed by atoms with van der Waals surface area (Å²) in [7, 11) is 0. The molecule has 3 N–H and O–H groups in total. The standard InChI is InChI=1S/C28H22FN5O3/c1-16-23(17(2)34(32-16)20-11-4-3-5-12-20)25-24(21-13-6-7-14-22(21)26(30)35)28(37-33-25)31-27(36)18-9-8-10-19(29)15-18/h3-15H,1-2H3,(H2,30,35)(H,31,36). The van der Waals surface area contributed by atoms with Crippen molar-refractivity contribution in [1.29, 1.82) is 0 Å². The molecule has 184 valence electrons. The molecular weight excluding hydrogens is 473 g/mol. The number of rotatable bonds is 6. The number of carbonyl (C=O) groups is 2. The number of halogens is 1. The maximum Gasteiger partial charge on any atom is 0.258 e. The Balaban J connectivity index is 1.70. The van der Waals surface area contributed by atoms with E-state index in [4.69, 9.17) is 15.4 Å². The van der Waals surface area contributed by atoms with Gasteiger partial charge in [-0.05, 0) is 50.2 Å². The van der Waals surface area contributed by atoms with Gasteiger partial charge in [-0.3, -0.25) is 14.9 Å². The van der Waals surface area contributed by atoms with Gasteiger partial charge in [0.05, 0.1) is 22.6 Å². The second-order valence-corrected chi connectivity index (χ2v) is 8.40. The zero-order chi connectivity index (χ0) is 26.1. The zero-order valence-corrected chi connectivity index (χ0v) is 20.0. The largest absolute Gasteiger partial charge is 0.366 e. The highest BCUT2D eigenvalue weighted by molar-refractivity contribution is 6.09. The molecule has 2 aromatic heterocycles. The number of amides is 2. The SMILES string of the molecule is Cc1nn(-c2ccccc2)c(C)c1-c1noc(NC(=O)c2cccc(F)c2)c1-c1ccccc1C(N)=O. The number of benzene rings is 3. The number of nitrogens with two attached hydrogens (primary N) is 1. The molecule has 2 amide bonds. The van der Waals surface area contributed by atoms with Crippen LogP contribution >= 0.6 is 0 Å². The van der Waals surface area contributed by atoms with Gasteiger partial charge in [0.1, 0.15) is 11.5 Å². The molecule has 0 aliphatic rings. The molecule has 9 heteroatoms. The van der Waals surface area contributed by atoms with Gasteiger partial charge in [-0.15, -0.1) is 0 Å². The van der Waals surface area contributed by atoms with Gasteiger partial charge in [0.2, 0.25) is 11.8 Å². The lowest BCUT2D eigenvalue weighted by Gasteiger charge is -2.10. The fraction of sp³-hybridized carbons (Fsp3) is 0.0714. The summed E-state index contributed by atoms with van der Waals surface area (Å²) in [5.41, 5.74) is 10.1. The molecule has 5 rings (SSSR count). The molecule has 3 aromatic carbocycles. The van der Waals surface area contributed by atoms with E-state index in [1.807, 2.05) is 44.2 Å². The van der Waals surface area contributed by atoms with Crippen LogP contribution in [0, 0.1) is 19.7 Å². The number of nitrogens with one attached hydrogen (secondary N) is 1. The minimum atomic E-state index is -0.654. The Morgan fingerprint density at radius 1 is 0.946 bits per heavy atom. The van der Waals surface area contributed by atoms with E-state index < -0.39 is 17.6 Å². The van der Waals surface area contributed by atoms with Crippen LogP contribution in [0.15, 0.2) is 83.4 Å². The Kier molecular flexibility index (Phi) is 6.10. The number of nitrogens with zero attached hydrogens (tertiary/aromatic N) is 3. The maximum absolute atomic E-state index is 13.7. The number of para-hydroxylation sites is 1. The highest BCUT2D eigenvalue weighted by Crippen LogP contribution is 2.42. The normalized spacial score (nSPS) is 10.9. The predicted molar refractivity (Wildman–Crippen MR) is 137 cm³/mol. The molecule has 0 aliphatic heterocycles. The van der Waals surface area contributed by atoms with Crippen molar-refractivity contribution in [2.45, 2.75) is 13.8 Å². The molecule has 37 heavy (non-hydrogen) atoms. The summed E-state index contributed by atoms with van der Waals surface area (Å²) in [4.78, 5) is 25.3. The number of carbonyl (C=O) groups excluding carboxylic acids is 2. The van der Waals surface area contributed by atoms with Crippen LogP contribution in [0.1, 0.15) is 32.1 Å². The van der Waals surface area contributed by atoms with Crippen molar-refractivity contribution in [3.05, 3.63) is 107 Å². The fourth-order valence-electron chi connectivity index (χ4n) is 4.32. The van der Waals surface area contributed by atoms with E-state index in [1.54, 1.807) is 28.9 Å². The maximum atomic E-state index is 13.7. The summed E-state index contributed by atoms with van der Waals surface area (Å²) in [6.07, 6.45) is 0. The van der Waals surface area contributed by atoms with E-state index in [1.165, 1.54) is 18.2 Å². The first kappa shape index (κ1) is 23.7. The van der Waals surface area contributed by atoms with Gasteiger partial charge in [0.25, 0.3) is 5.91 Å². The quantitative estimate of drug-likeness (QED) is 0.332. The molecule has 0 saturated carbocycles. The predicted octanol–water partition coefficient (Wildman–Crippen LogP) is 5.30. The van der Waals surface area contributed by atoms with Crippen LogP contribution in [-0.2, 0) is 0 Å². The molecule has 0 aliphatic carbocycles. The van der Waals surface area contributed by atoms with E-state index in [0.29, 0.717) is 28.1 Å². The Bertz CT molecular complexity index is 1640. The first-order chi connectivity index (χ1) is 17.8. The van der Waals surface area contributed by atoms with Gasteiger partial charge >= 0.3 is 0 Å². The summed E-state index contributed by atoms with van der Waals surface area (Å²) in [5.74, 6) is -1.82. The van der Waals surface area contributed by atoms with Crippen LogP contribution in [-0.4, -0.2) is 26.8 Å². The lowest BCUT2D eigenvalue weighted by molar-refractivity contribution is 0.0998. The topological polar surface area (TPSA) is 116 Å². The minimum Gasteiger partial charge on any atom is -0.366 e. The molecule has 0 spiro atoms. The summed E-state index contributed by atoms with van der Waals surface area (Å²) < 4.78 is 21.1. The third-order valence-electron chi connectivity index (χ3n) is 6.00. The fourth-order valence-corrected chi connectivity index (χ4v) is 4.32. The van der Waals surface area contributed by atoms with E-state index in [-0.39, 0.29) is 17.0 Å². The molecule has 2 heterocycles. The molecule has 0 bridgehead atoms. The minimum absolute atomic E-state index is 0.00998. The first-order valence-electron chi connectivity index (χ1n) is 11.4. The van der Waals surface area contributed by atoms with Crippen molar-refractivity contribution in [3.63, 3.8) is 0 Å². The van der Waals surface area contributed by atoms with Gasteiger partial charge < -0.3 is 10.3 Å². The highest BCUT2D eigenvalue weighted by atomic mass is 19.1. The van der Waals surface area contributed by atoms with Gasteiger partial charge in [0, 0.05) is 22.3 Å². The molecule has 0 saturated heterocycles. The van der Waals surface area contributed by atoms with Crippen molar-refractivity contribution in [3.8, 4) is 28.1 Å². The van der Waals surface area contributed by atoms with E-state index >= 15 is 0 Å². The Morgan fingerprint density at radius 3 is 2.41 bits per heavy atom. The highest BCUT2D eigenvalue weighted by Gasteiger charge is 2.28. The molecule has 0 atom stereocenters. The molecule has 8 nitrogen and oxygen atoms in total. The van der Waals surface area contributed by atoms with Crippen molar-refractivity contribution in [2.75, 3.05) is 5.32 Å². The second-order valence-electron chi connectivity index (χ2n) is 8.40. The molecule has 0 fully saturated rings. The molecular formula is C28H22FN5O3. The number of aromatic nitrogens is 3. The van der Waals surface area contributed by atoms with Crippen LogP contribution in [0.25, 0.3) is 28.1 Å². The number of primary amides is 1. The van der Waals surface area contributed by atoms with Gasteiger partial charge in [-0.25, -0.2) is 9.07 Å². The Morgan fingerprint density at radius 2 is 1.68 bits per heavy atom. The number of hydrogen-bond acceptors (Lipinski definition) is 5. The Labute approximate surface area is 211 Å². The molecule has 0 unspecified atom stereocenters. The lowest BCUT2D eigenvalue weighted by Crippen LogP contribution is -2.14. The summed E-state index contributed by atoms with van der Waals surface area (Å²) in [6.45, 7) is 3.73.